The van der Waals surface area contributed by atoms with Crippen molar-refractivity contribution in [2.45, 2.75) is 19.5 Å². The Balaban J connectivity index is 1.17. The number of alkyl halides is 3. The summed E-state index contributed by atoms with van der Waals surface area (Å²) in [7, 11) is 0. The van der Waals surface area contributed by atoms with Gasteiger partial charge in [-0.3, -0.25) is 4.90 Å². The van der Waals surface area contributed by atoms with Crippen LogP contribution in [0.5, 0.6) is 0 Å². The first-order chi connectivity index (χ1) is 16.8. The summed E-state index contributed by atoms with van der Waals surface area (Å²) < 4.78 is 42.9. The first-order valence-electron chi connectivity index (χ1n) is 11.3. The SMILES string of the molecule is Cc1ccc(Cc2nsc(N3CCN(CCNC(=O)Nc4cccc(C(F)(F)F)c4)CC3)n2)cc1. The van der Waals surface area contributed by atoms with Gasteiger partial charge in [0.2, 0.25) is 5.13 Å². The molecule has 0 aliphatic carbocycles. The van der Waals surface area contributed by atoms with Gasteiger partial charge in [0, 0.05) is 62.9 Å². The maximum Gasteiger partial charge on any atom is 0.416 e. The normalized spacial score (nSPS) is 14.7. The standard InChI is InChI=1S/C24H27F3N6OS/c1-17-5-7-18(8-6-17)15-21-30-23(35-31-21)33-13-11-32(12-14-33)10-9-28-22(34)29-20-4-2-3-19(16-20)24(25,26)27/h2-8,16H,9-15H2,1H3,(H2,28,29,34). The minimum atomic E-state index is -4.45. The van der Waals surface area contributed by atoms with E-state index in [2.05, 4.69) is 56.0 Å². The number of anilines is 2. The van der Waals surface area contributed by atoms with E-state index in [0.29, 0.717) is 19.5 Å². The molecule has 3 aromatic rings. The molecule has 0 unspecified atom stereocenters. The summed E-state index contributed by atoms with van der Waals surface area (Å²) in [5.74, 6) is 0.826. The predicted octanol–water partition coefficient (Wildman–Crippen LogP) is 4.40. The van der Waals surface area contributed by atoms with E-state index >= 15 is 0 Å². The maximum absolute atomic E-state index is 12.8. The zero-order valence-corrected chi connectivity index (χ0v) is 20.1. The Labute approximate surface area is 206 Å². The molecule has 2 heterocycles. The fourth-order valence-corrected chi connectivity index (χ4v) is 4.51. The van der Waals surface area contributed by atoms with Crippen LogP contribution in [-0.4, -0.2) is 59.6 Å². The lowest BCUT2D eigenvalue weighted by Gasteiger charge is -2.34. The van der Waals surface area contributed by atoms with Crippen LogP contribution < -0.4 is 15.5 Å². The van der Waals surface area contributed by atoms with E-state index in [1.165, 1.54) is 34.8 Å². The molecular weight excluding hydrogens is 477 g/mol. The van der Waals surface area contributed by atoms with Gasteiger partial charge in [0.1, 0.15) is 5.82 Å². The summed E-state index contributed by atoms with van der Waals surface area (Å²) in [4.78, 5) is 21.2. The summed E-state index contributed by atoms with van der Waals surface area (Å²) >= 11 is 1.42. The summed E-state index contributed by atoms with van der Waals surface area (Å²) in [6.45, 7) is 6.38. The van der Waals surface area contributed by atoms with Crippen LogP contribution in [0.1, 0.15) is 22.5 Å². The minimum absolute atomic E-state index is 0.102. The van der Waals surface area contributed by atoms with Crippen molar-refractivity contribution in [1.29, 1.82) is 0 Å². The van der Waals surface area contributed by atoms with Gasteiger partial charge in [-0.1, -0.05) is 35.9 Å². The van der Waals surface area contributed by atoms with Crippen LogP contribution in [0.4, 0.5) is 28.8 Å². The van der Waals surface area contributed by atoms with Crippen molar-refractivity contribution in [1.82, 2.24) is 19.6 Å². The van der Waals surface area contributed by atoms with Gasteiger partial charge in [0.15, 0.2) is 0 Å². The average molecular weight is 505 g/mol. The van der Waals surface area contributed by atoms with Crippen LogP contribution in [0.2, 0.25) is 0 Å². The monoisotopic (exact) mass is 504 g/mol. The summed E-state index contributed by atoms with van der Waals surface area (Å²) in [6.07, 6.45) is -3.74. The lowest BCUT2D eigenvalue weighted by atomic mass is 10.1. The van der Waals surface area contributed by atoms with Crippen LogP contribution in [0.25, 0.3) is 0 Å². The highest BCUT2D eigenvalue weighted by Crippen LogP contribution is 2.30. The number of amides is 2. The second-order valence-electron chi connectivity index (χ2n) is 8.44. The lowest BCUT2D eigenvalue weighted by Crippen LogP contribution is -2.48. The third-order valence-electron chi connectivity index (χ3n) is 5.74. The number of nitrogens with zero attached hydrogens (tertiary/aromatic N) is 4. The number of benzene rings is 2. The van der Waals surface area contributed by atoms with Crippen molar-refractivity contribution in [2.24, 2.45) is 0 Å². The molecular formula is C24H27F3N6OS. The number of nitrogens with one attached hydrogen (secondary N) is 2. The van der Waals surface area contributed by atoms with Crippen molar-refractivity contribution < 1.29 is 18.0 Å². The molecule has 0 saturated carbocycles. The summed E-state index contributed by atoms with van der Waals surface area (Å²) in [5, 5.41) is 6.08. The molecule has 0 spiro atoms. The molecule has 0 atom stereocenters. The molecule has 1 saturated heterocycles. The van der Waals surface area contributed by atoms with Gasteiger partial charge in [-0.25, -0.2) is 9.78 Å². The van der Waals surface area contributed by atoms with Crippen molar-refractivity contribution >= 4 is 28.4 Å². The second-order valence-corrected chi connectivity index (χ2v) is 9.17. The van der Waals surface area contributed by atoms with Crippen LogP contribution in [0.15, 0.2) is 48.5 Å². The van der Waals surface area contributed by atoms with Crippen LogP contribution in [0, 0.1) is 6.92 Å². The third kappa shape index (κ3) is 7.15. The molecule has 0 radical (unpaired) electrons. The van der Waals surface area contributed by atoms with Crippen molar-refractivity contribution in [3.8, 4) is 0 Å². The Bertz CT molecular complexity index is 1130. The van der Waals surface area contributed by atoms with E-state index in [9.17, 15) is 18.0 Å². The van der Waals surface area contributed by atoms with Crippen LogP contribution >= 0.6 is 11.5 Å². The fourth-order valence-electron chi connectivity index (χ4n) is 3.77. The highest BCUT2D eigenvalue weighted by Gasteiger charge is 2.30. The molecule has 1 aliphatic rings. The molecule has 11 heteroatoms. The minimum Gasteiger partial charge on any atom is -0.344 e. The number of urea groups is 1. The van der Waals surface area contributed by atoms with Crippen LogP contribution in [-0.2, 0) is 12.6 Å². The van der Waals surface area contributed by atoms with Gasteiger partial charge in [-0.2, -0.15) is 17.5 Å². The second kappa shape index (κ2) is 11.0. The number of aromatic nitrogens is 2. The van der Waals surface area contributed by atoms with E-state index in [-0.39, 0.29) is 5.69 Å². The van der Waals surface area contributed by atoms with Crippen LogP contribution in [0.3, 0.4) is 0 Å². The highest BCUT2D eigenvalue weighted by atomic mass is 32.1. The Morgan fingerprint density at radius 2 is 1.83 bits per heavy atom. The molecule has 186 valence electrons. The molecule has 7 nitrogen and oxygen atoms in total. The topological polar surface area (TPSA) is 73.4 Å². The number of carbonyl (C=O) groups is 1. The quantitative estimate of drug-likeness (QED) is 0.499. The fraction of sp³-hybridized carbons (Fsp3) is 0.375. The molecule has 1 aromatic heterocycles. The first kappa shape index (κ1) is 24.9. The largest absolute Gasteiger partial charge is 0.416 e. The molecule has 1 aliphatic heterocycles. The number of halogens is 3. The average Bonchev–Trinajstić information content (AvgIpc) is 3.29. The lowest BCUT2D eigenvalue weighted by molar-refractivity contribution is -0.137. The van der Waals surface area contributed by atoms with E-state index in [1.807, 2.05) is 0 Å². The molecule has 35 heavy (non-hydrogen) atoms. The Kier molecular flexibility index (Phi) is 7.86. The summed E-state index contributed by atoms with van der Waals surface area (Å²) in [5.41, 5.74) is 1.72. The van der Waals surface area contributed by atoms with E-state index in [0.717, 1.165) is 49.3 Å². The smallest absolute Gasteiger partial charge is 0.344 e. The predicted molar refractivity (Wildman–Crippen MR) is 131 cm³/mol. The zero-order chi connectivity index (χ0) is 24.8. The number of carbonyl (C=O) groups excluding carboxylic acids is 1. The van der Waals surface area contributed by atoms with E-state index in [1.54, 1.807) is 0 Å². The molecule has 2 N–H and O–H groups in total. The number of piperazine rings is 1. The zero-order valence-electron chi connectivity index (χ0n) is 19.3. The Hall–Kier alpha value is -3.18. The number of hydrogen-bond acceptors (Lipinski definition) is 6. The van der Waals surface area contributed by atoms with Gasteiger partial charge in [0.05, 0.1) is 5.56 Å². The maximum atomic E-state index is 12.8. The first-order valence-corrected chi connectivity index (χ1v) is 12.1. The van der Waals surface area contributed by atoms with Gasteiger partial charge in [-0.05, 0) is 30.7 Å². The number of rotatable bonds is 7. The molecule has 2 amide bonds. The summed E-state index contributed by atoms with van der Waals surface area (Å²) in [6, 6.07) is 12.4. The van der Waals surface area contributed by atoms with Gasteiger partial charge >= 0.3 is 12.2 Å². The Morgan fingerprint density at radius 1 is 1.09 bits per heavy atom. The third-order valence-corrected chi connectivity index (χ3v) is 6.56. The molecule has 2 aromatic carbocycles. The van der Waals surface area contributed by atoms with Crippen molar-refractivity contribution in [3.05, 3.63) is 71.0 Å². The molecule has 4 rings (SSSR count). The molecule has 0 bridgehead atoms. The van der Waals surface area contributed by atoms with Crippen molar-refractivity contribution in [3.63, 3.8) is 0 Å². The van der Waals surface area contributed by atoms with E-state index in [4.69, 9.17) is 4.98 Å². The van der Waals surface area contributed by atoms with Crippen molar-refractivity contribution in [2.75, 3.05) is 49.5 Å². The van der Waals surface area contributed by atoms with Gasteiger partial charge < -0.3 is 15.5 Å². The highest BCUT2D eigenvalue weighted by molar-refractivity contribution is 7.09. The number of hydrogen-bond donors (Lipinski definition) is 2. The number of aryl methyl sites for hydroxylation is 1. The van der Waals surface area contributed by atoms with E-state index < -0.39 is 17.8 Å². The Morgan fingerprint density at radius 3 is 2.54 bits per heavy atom. The van der Waals surface area contributed by atoms with Gasteiger partial charge in [0.25, 0.3) is 0 Å². The molecule has 1 fully saturated rings. The van der Waals surface area contributed by atoms with Gasteiger partial charge in [-0.15, -0.1) is 0 Å².